The molecule has 2 aliphatic rings. The number of ether oxygens (including phenoxy) is 1. The van der Waals surface area contributed by atoms with Gasteiger partial charge in [-0.25, -0.2) is 4.79 Å². The molecule has 7 heteroatoms. The topological polar surface area (TPSA) is 68.2 Å². The third-order valence-electron chi connectivity index (χ3n) is 6.95. The molecular formula is C29H41ClN2O4. The summed E-state index contributed by atoms with van der Waals surface area (Å²) >= 11 is 6.77. The molecule has 36 heavy (non-hydrogen) atoms. The quantitative estimate of drug-likeness (QED) is 0.247. The largest absolute Gasteiger partial charge is 0.458 e. The van der Waals surface area contributed by atoms with Crippen molar-refractivity contribution in [2.45, 2.75) is 97.5 Å². The molecule has 2 aliphatic heterocycles. The van der Waals surface area contributed by atoms with Crippen molar-refractivity contribution in [2.75, 3.05) is 19.7 Å². The van der Waals surface area contributed by atoms with Crippen molar-refractivity contribution < 1.29 is 19.2 Å². The van der Waals surface area contributed by atoms with E-state index in [4.69, 9.17) is 21.2 Å². The highest BCUT2D eigenvalue weighted by Crippen LogP contribution is 2.30. The number of allylic oxidation sites excluding steroid dienone is 1. The zero-order valence-corrected chi connectivity index (χ0v) is 22.9. The van der Waals surface area contributed by atoms with Crippen molar-refractivity contribution in [3.8, 4) is 0 Å². The van der Waals surface area contributed by atoms with Gasteiger partial charge in [-0.2, -0.15) is 0 Å². The molecule has 1 saturated heterocycles. The van der Waals surface area contributed by atoms with Gasteiger partial charge >= 0.3 is 5.97 Å². The first-order valence-electron chi connectivity index (χ1n) is 13.5. The van der Waals surface area contributed by atoms with Crippen LogP contribution in [0.1, 0.15) is 98.2 Å². The summed E-state index contributed by atoms with van der Waals surface area (Å²) in [6, 6.07) is 1.94. The monoisotopic (exact) mass is 516 g/mol. The maximum Gasteiger partial charge on any atom is 0.339 e. The predicted molar refractivity (Wildman–Crippen MR) is 145 cm³/mol. The number of carbonyl (C=O) groups is 2. The van der Waals surface area contributed by atoms with Gasteiger partial charge in [0.2, 0.25) is 0 Å². The molecule has 2 heterocycles. The Morgan fingerprint density at radius 3 is 2.67 bits per heavy atom. The van der Waals surface area contributed by atoms with Crippen LogP contribution in [0.2, 0.25) is 5.02 Å². The molecule has 0 aromatic heterocycles. The Morgan fingerprint density at radius 2 is 1.92 bits per heavy atom. The fourth-order valence-corrected chi connectivity index (χ4v) is 5.21. The van der Waals surface area contributed by atoms with Gasteiger partial charge in [0.05, 0.1) is 11.3 Å². The average Bonchev–Trinajstić information content (AvgIpc) is 2.86. The predicted octanol–water partition coefficient (Wildman–Crippen LogP) is 6.73. The number of aryl methyl sites for hydroxylation is 2. The molecule has 1 atom stereocenters. The number of esters is 1. The number of hydrogen-bond donors (Lipinski definition) is 0. The van der Waals surface area contributed by atoms with Gasteiger partial charge in [-0.05, 0) is 81.9 Å². The maximum atomic E-state index is 13.4. The Morgan fingerprint density at radius 1 is 1.14 bits per heavy atom. The van der Waals surface area contributed by atoms with Crippen molar-refractivity contribution >= 4 is 29.2 Å². The van der Waals surface area contributed by atoms with Gasteiger partial charge in [-0.3, -0.25) is 4.79 Å². The average molecular weight is 517 g/mol. The second-order valence-corrected chi connectivity index (χ2v) is 10.4. The minimum Gasteiger partial charge on any atom is -0.458 e. The van der Waals surface area contributed by atoms with Crippen LogP contribution < -0.4 is 0 Å². The molecule has 1 fully saturated rings. The van der Waals surface area contributed by atoms with E-state index >= 15 is 0 Å². The lowest BCUT2D eigenvalue weighted by atomic mass is 9.93. The number of benzene rings is 1. The fourth-order valence-electron chi connectivity index (χ4n) is 4.99. The number of cyclic esters (lactones) is 1. The summed E-state index contributed by atoms with van der Waals surface area (Å²) in [6.07, 6.45) is 13.9. The normalized spacial score (nSPS) is 21.9. The summed E-state index contributed by atoms with van der Waals surface area (Å²) in [5.74, 6) is -0.366. The highest BCUT2D eigenvalue weighted by atomic mass is 35.5. The van der Waals surface area contributed by atoms with Gasteiger partial charge in [-0.1, -0.05) is 48.3 Å². The number of amides is 1. The Bertz CT molecular complexity index is 967. The SMILES string of the molecule is CCCC1C/C=C/CCCC/C(=N/OCC(=O)N2CCCCC2)Cc2c(Cl)c(C)cc(C)c2C(=O)O1. The molecule has 6 nitrogen and oxygen atoms in total. The molecule has 0 bridgehead atoms. The number of nitrogens with zero attached hydrogens (tertiary/aromatic N) is 2. The Hall–Kier alpha value is -2.34. The number of carbonyl (C=O) groups excluding carboxylic acids is 2. The smallest absolute Gasteiger partial charge is 0.339 e. The Labute approximate surface area is 221 Å². The van der Waals surface area contributed by atoms with Crippen LogP contribution in [0.15, 0.2) is 23.4 Å². The summed E-state index contributed by atoms with van der Waals surface area (Å²) in [7, 11) is 0. The van der Waals surface area contributed by atoms with Crippen LogP contribution in [-0.4, -0.2) is 48.3 Å². The molecule has 1 amide bonds. The summed E-state index contributed by atoms with van der Waals surface area (Å²) in [6.45, 7) is 7.47. The Balaban J connectivity index is 1.86. The van der Waals surface area contributed by atoms with Crippen LogP contribution in [0.4, 0.5) is 0 Å². The number of piperidine rings is 1. The molecule has 1 aromatic carbocycles. The lowest BCUT2D eigenvalue weighted by Crippen LogP contribution is -2.37. The van der Waals surface area contributed by atoms with Crippen molar-refractivity contribution in [2.24, 2.45) is 5.16 Å². The van der Waals surface area contributed by atoms with Gasteiger partial charge in [0, 0.05) is 31.0 Å². The third-order valence-corrected chi connectivity index (χ3v) is 7.48. The Kier molecular flexibility index (Phi) is 11.3. The number of oxime groups is 1. The molecule has 0 radical (unpaired) electrons. The molecule has 0 saturated carbocycles. The highest BCUT2D eigenvalue weighted by Gasteiger charge is 2.24. The van der Waals surface area contributed by atoms with Crippen molar-refractivity contribution in [3.63, 3.8) is 0 Å². The van der Waals surface area contributed by atoms with Crippen LogP contribution in [0, 0.1) is 13.8 Å². The van der Waals surface area contributed by atoms with Gasteiger partial charge in [0.1, 0.15) is 6.10 Å². The van der Waals surface area contributed by atoms with Crippen LogP contribution >= 0.6 is 11.6 Å². The van der Waals surface area contributed by atoms with Crippen LogP contribution in [0.3, 0.4) is 0 Å². The maximum absolute atomic E-state index is 13.4. The van der Waals surface area contributed by atoms with Crippen LogP contribution in [0.5, 0.6) is 0 Å². The van der Waals surface area contributed by atoms with E-state index in [1.165, 1.54) is 6.42 Å². The van der Waals surface area contributed by atoms with Crippen molar-refractivity contribution in [1.82, 2.24) is 4.90 Å². The molecule has 0 spiro atoms. The number of halogens is 1. The van der Waals surface area contributed by atoms with E-state index in [1.807, 2.05) is 24.8 Å². The van der Waals surface area contributed by atoms with E-state index in [2.05, 4.69) is 24.2 Å². The third kappa shape index (κ3) is 8.09. The number of rotatable bonds is 5. The molecule has 0 aliphatic carbocycles. The number of hydrogen-bond acceptors (Lipinski definition) is 5. The minimum absolute atomic E-state index is 0.0271. The summed E-state index contributed by atoms with van der Waals surface area (Å²) in [5.41, 5.74) is 3.79. The molecule has 1 unspecified atom stereocenters. The van der Waals surface area contributed by atoms with E-state index in [9.17, 15) is 9.59 Å². The highest BCUT2D eigenvalue weighted by molar-refractivity contribution is 6.33. The summed E-state index contributed by atoms with van der Waals surface area (Å²) in [4.78, 5) is 33.4. The summed E-state index contributed by atoms with van der Waals surface area (Å²) < 4.78 is 5.98. The standard InChI is InChI=1S/C29H41ClN2O4/c1-4-13-24-15-10-7-5-6-9-14-23(31-35-20-26(33)32-16-11-8-12-17-32)19-25-27(29(34)36-24)21(2)18-22(3)28(25)30/h7,10,18,24H,4-6,8-9,11-17,19-20H2,1-3H3/b10-7+,31-23-. The van der Waals surface area contributed by atoms with Crippen molar-refractivity contribution in [1.29, 1.82) is 0 Å². The fraction of sp³-hybridized carbons (Fsp3) is 0.621. The van der Waals surface area contributed by atoms with E-state index < -0.39 is 0 Å². The first-order valence-corrected chi connectivity index (χ1v) is 13.9. The minimum atomic E-state index is -0.339. The van der Waals surface area contributed by atoms with E-state index in [0.29, 0.717) is 23.4 Å². The zero-order valence-electron chi connectivity index (χ0n) is 22.1. The lowest BCUT2D eigenvalue weighted by molar-refractivity contribution is -0.137. The summed E-state index contributed by atoms with van der Waals surface area (Å²) in [5, 5.41) is 4.96. The molecule has 0 N–H and O–H groups in total. The number of fused-ring (bicyclic) bond motifs is 1. The molecule has 3 rings (SSSR count). The second kappa shape index (κ2) is 14.4. The first-order chi connectivity index (χ1) is 17.4. The lowest BCUT2D eigenvalue weighted by Gasteiger charge is -2.26. The van der Waals surface area contributed by atoms with E-state index in [1.54, 1.807) is 0 Å². The van der Waals surface area contributed by atoms with Crippen LogP contribution in [0.25, 0.3) is 0 Å². The van der Waals surface area contributed by atoms with E-state index in [0.717, 1.165) is 86.9 Å². The zero-order chi connectivity index (χ0) is 25.9. The van der Waals surface area contributed by atoms with Gasteiger partial charge in [-0.15, -0.1) is 0 Å². The van der Waals surface area contributed by atoms with Gasteiger partial charge in [0.25, 0.3) is 5.91 Å². The number of likely N-dealkylation sites (tertiary alicyclic amines) is 1. The molecule has 198 valence electrons. The molecule has 1 aromatic rings. The van der Waals surface area contributed by atoms with Gasteiger partial charge in [0.15, 0.2) is 6.61 Å². The molecular weight excluding hydrogens is 476 g/mol. The van der Waals surface area contributed by atoms with Crippen LogP contribution in [-0.2, 0) is 20.8 Å². The van der Waals surface area contributed by atoms with E-state index in [-0.39, 0.29) is 24.6 Å². The van der Waals surface area contributed by atoms with Crippen molar-refractivity contribution in [3.05, 3.63) is 45.5 Å². The first kappa shape index (κ1) is 28.2. The van der Waals surface area contributed by atoms with Gasteiger partial charge < -0.3 is 14.5 Å². The second-order valence-electron chi connectivity index (χ2n) is 10.00.